The Hall–Kier alpha value is -1.60. The number of amides is 2. The van der Waals surface area contributed by atoms with E-state index >= 15 is 0 Å². The molecule has 0 aliphatic heterocycles. The Labute approximate surface area is 139 Å². The van der Waals surface area contributed by atoms with Crippen LogP contribution in [0.1, 0.15) is 33.6 Å². The molecule has 0 fully saturated rings. The van der Waals surface area contributed by atoms with E-state index in [1.165, 1.54) is 0 Å². The van der Waals surface area contributed by atoms with Crippen molar-refractivity contribution in [2.24, 2.45) is 5.92 Å². The summed E-state index contributed by atoms with van der Waals surface area (Å²) in [7, 11) is 4.00. The lowest BCUT2D eigenvalue weighted by atomic mass is 9.95. The molecule has 3 N–H and O–H groups in total. The maximum Gasteiger partial charge on any atom is 0.319 e. The van der Waals surface area contributed by atoms with Gasteiger partial charge in [-0.2, -0.15) is 5.10 Å². The maximum absolute atomic E-state index is 11.9. The number of likely N-dealkylation sites (N-methyl/N-ethyl adjacent to an activating group) is 1. The molecule has 7 nitrogen and oxygen atoms in total. The van der Waals surface area contributed by atoms with Crippen molar-refractivity contribution in [2.75, 3.05) is 32.5 Å². The molecule has 0 radical (unpaired) electrons. The van der Waals surface area contributed by atoms with Crippen LogP contribution in [0.5, 0.6) is 0 Å². The van der Waals surface area contributed by atoms with E-state index in [1.807, 2.05) is 14.1 Å². The van der Waals surface area contributed by atoms with Crippen molar-refractivity contribution in [2.45, 2.75) is 45.8 Å². The standard InChI is InChI=1S/C16H31N5O2/c1-13(2)6-7-16(3,23)12-17-15(22)19-14-10-18-21(11-14)9-8-20(4)5/h10-11,13,23H,6-9,12H2,1-5H3,(H2,17,19,22). The summed E-state index contributed by atoms with van der Waals surface area (Å²) in [5.41, 5.74) is -0.250. The summed E-state index contributed by atoms with van der Waals surface area (Å²) >= 11 is 0. The van der Waals surface area contributed by atoms with Crippen LogP contribution in [0.15, 0.2) is 12.4 Å². The number of hydrogen-bond acceptors (Lipinski definition) is 4. The van der Waals surface area contributed by atoms with E-state index in [0.717, 1.165) is 19.5 Å². The van der Waals surface area contributed by atoms with Gasteiger partial charge in [-0.1, -0.05) is 13.8 Å². The number of aromatic nitrogens is 2. The average Bonchev–Trinajstić information content (AvgIpc) is 2.89. The minimum absolute atomic E-state index is 0.223. The number of nitrogens with one attached hydrogen (secondary N) is 2. The minimum Gasteiger partial charge on any atom is -0.388 e. The van der Waals surface area contributed by atoms with Gasteiger partial charge in [0, 0.05) is 19.3 Å². The van der Waals surface area contributed by atoms with E-state index in [1.54, 1.807) is 24.0 Å². The van der Waals surface area contributed by atoms with Crippen molar-refractivity contribution in [3.05, 3.63) is 12.4 Å². The molecule has 0 spiro atoms. The first kappa shape index (κ1) is 19.4. The molecule has 132 valence electrons. The first-order chi connectivity index (χ1) is 10.7. The van der Waals surface area contributed by atoms with Crippen LogP contribution in [0, 0.1) is 5.92 Å². The molecule has 1 unspecified atom stereocenters. The van der Waals surface area contributed by atoms with Crippen LogP contribution in [0.2, 0.25) is 0 Å². The summed E-state index contributed by atoms with van der Waals surface area (Å²) in [4.78, 5) is 14.0. The second-order valence-corrected chi connectivity index (χ2v) is 7.03. The fourth-order valence-corrected chi connectivity index (χ4v) is 1.99. The first-order valence-corrected chi connectivity index (χ1v) is 8.12. The number of aliphatic hydroxyl groups is 1. The summed E-state index contributed by atoms with van der Waals surface area (Å²) in [5.74, 6) is 0.531. The second kappa shape index (κ2) is 8.88. The molecule has 1 heterocycles. The van der Waals surface area contributed by atoms with Crippen molar-refractivity contribution < 1.29 is 9.90 Å². The molecule has 0 saturated carbocycles. The molecule has 23 heavy (non-hydrogen) atoms. The zero-order chi connectivity index (χ0) is 17.5. The molecule has 0 aliphatic carbocycles. The Kier molecular flexibility index (Phi) is 7.51. The number of hydrogen-bond donors (Lipinski definition) is 3. The second-order valence-electron chi connectivity index (χ2n) is 7.03. The van der Waals surface area contributed by atoms with Crippen LogP contribution in [0.4, 0.5) is 10.5 Å². The van der Waals surface area contributed by atoms with E-state index in [0.29, 0.717) is 18.0 Å². The number of rotatable bonds is 9. The smallest absolute Gasteiger partial charge is 0.319 e. The number of urea groups is 1. The van der Waals surface area contributed by atoms with Gasteiger partial charge in [-0.3, -0.25) is 4.68 Å². The van der Waals surface area contributed by atoms with Gasteiger partial charge in [0.15, 0.2) is 0 Å². The third-order valence-corrected chi connectivity index (χ3v) is 3.56. The van der Waals surface area contributed by atoms with Crippen molar-refractivity contribution >= 4 is 11.7 Å². The van der Waals surface area contributed by atoms with Crippen LogP contribution in [-0.4, -0.2) is 58.6 Å². The predicted octanol–water partition coefficient (Wildman–Crippen LogP) is 1.75. The van der Waals surface area contributed by atoms with E-state index in [-0.39, 0.29) is 12.6 Å². The number of carbonyl (C=O) groups excluding carboxylic acids is 1. The highest BCUT2D eigenvalue weighted by Crippen LogP contribution is 2.15. The molecule has 2 amide bonds. The van der Waals surface area contributed by atoms with Gasteiger partial charge in [0.2, 0.25) is 0 Å². The van der Waals surface area contributed by atoms with Gasteiger partial charge in [-0.25, -0.2) is 4.79 Å². The monoisotopic (exact) mass is 325 g/mol. The van der Waals surface area contributed by atoms with Gasteiger partial charge >= 0.3 is 6.03 Å². The molecular weight excluding hydrogens is 294 g/mol. The molecule has 0 aliphatic rings. The predicted molar refractivity (Wildman–Crippen MR) is 92.5 cm³/mol. The number of carbonyl (C=O) groups is 1. The van der Waals surface area contributed by atoms with Crippen LogP contribution in [0.3, 0.4) is 0 Å². The van der Waals surface area contributed by atoms with E-state index < -0.39 is 5.60 Å². The van der Waals surface area contributed by atoms with Crippen molar-refractivity contribution in [3.8, 4) is 0 Å². The molecule has 1 aromatic heterocycles. The van der Waals surface area contributed by atoms with Gasteiger partial charge in [-0.05, 0) is 39.8 Å². The summed E-state index contributed by atoms with van der Waals surface area (Å²) < 4.78 is 1.79. The van der Waals surface area contributed by atoms with Crippen LogP contribution >= 0.6 is 0 Å². The topological polar surface area (TPSA) is 82.4 Å². The Balaban J connectivity index is 2.36. The molecule has 0 aromatic carbocycles. The van der Waals surface area contributed by atoms with Gasteiger partial charge in [0.25, 0.3) is 0 Å². The Morgan fingerprint density at radius 1 is 1.48 bits per heavy atom. The lowest BCUT2D eigenvalue weighted by Gasteiger charge is -2.24. The van der Waals surface area contributed by atoms with E-state index in [2.05, 4.69) is 34.5 Å². The Morgan fingerprint density at radius 2 is 2.17 bits per heavy atom. The molecule has 1 rings (SSSR count). The van der Waals surface area contributed by atoms with Crippen LogP contribution in [-0.2, 0) is 6.54 Å². The third-order valence-electron chi connectivity index (χ3n) is 3.56. The Morgan fingerprint density at radius 3 is 2.78 bits per heavy atom. The summed E-state index contributed by atoms with van der Waals surface area (Å²) in [6, 6.07) is -0.331. The van der Waals surface area contributed by atoms with E-state index in [9.17, 15) is 9.90 Å². The van der Waals surface area contributed by atoms with Crippen LogP contribution in [0.25, 0.3) is 0 Å². The van der Waals surface area contributed by atoms with E-state index in [4.69, 9.17) is 0 Å². The van der Waals surface area contributed by atoms with Crippen LogP contribution < -0.4 is 10.6 Å². The minimum atomic E-state index is -0.891. The molecule has 7 heteroatoms. The van der Waals surface area contributed by atoms with Gasteiger partial charge < -0.3 is 20.6 Å². The largest absolute Gasteiger partial charge is 0.388 e. The highest BCUT2D eigenvalue weighted by molar-refractivity contribution is 5.88. The highest BCUT2D eigenvalue weighted by Gasteiger charge is 2.21. The van der Waals surface area contributed by atoms with Crippen molar-refractivity contribution in [3.63, 3.8) is 0 Å². The summed E-state index contributed by atoms with van der Waals surface area (Å²) in [5, 5.41) is 19.9. The molecule has 1 aromatic rings. The quantitative estimate of drug-likeness (QED) is 0.646. The number of nitrogens with zero attached hydrogens (tertiary/aromatic N) is 3. The highest BCUT2D eigenvalue weighted by atomic mass is 16.3. The SMILES string of the molecule is CC(C)CCC(C)(O)CNC(=O)Nc1cnn(CCN(C)C)c1. The molecule has 0 saturated heterocycles. The lowest BCUT2D eigenvalue weighted by molar-refractivity contribution is 0.0481. The lowest BCUT2D eigenvalue weighted by Crippen LogP contribution is -2.42. The number of anilines is 1. The summed E-state index contributed by atoms with van der Waals surface area (Å²) in [6.07, 6.45) is 4.99. The van der Waals surface area contributed by atoms with Crippen molar-refractivity contribution in [1.29, 1.82) is 0 Å². The zero-order valence-electron chi connectivity index (χ0n) is 15.0. The fraction of sp³-hybridized carbons (Fsp3) is 0.750. The zero-order valence-corrected chi connectivity index (χ0v) is 15.0. The van der Waals surface area contributed by atoms with Gasteiger partial charge in [-0.15, -0.1) is 0 Å². The Bertz CT molecular complexity index is 483. The summed E-state index contributed by atoms with van der Waals surface area (Å²) in [6.45, 7) is 7.84. The third kappa shape index (κ3) is 8.56. The first-order valence-electron chi connectivity index (χ1n) is 8.12. The normalized spacial score (nSPS) is 14.1. The van der Waals surface area contributed by atoms with Gasteiger partial charge in [0.05, 0.1) is 24.0 Å². The fourth-order valence-electron chi connectivity index (χ4n) is 1.99. The maximum atomic E-state index is 11.9. The van der Waals surface area contributed by atoms with Gasteiger partial charge in [0.1, 0.15) is 0 Å². The van der Waals surface area contributed by atoms with Crippen molar-refractivity contribution in [1.82, 2.24) is 20.0 Å². The molecule has 1 atom stereocenters. The molecular formula is C16H31N5O2. The average molecular weight is 325 g/mol. The molecule has 0 bridgehead atoms.